The normalized spacial score (nSPS) is 17.3. The van der Waals surface area contributed by atoms with Gasteiger partial charge in [0.05, 0.1) is 29.3 Å². The van der Waals surface area contributed by atoms with Crippen LogP contribution in [0.2, 0.25) is 0 Å². The summed E-state index contributed by atoms with van der Waals surface area (Å²) in [5, 5.41) is 6.06. The molecule has 2 unspecified atom stereocenters. The molecule has 0 N–H and O–H groups in total. The van der Waals surface area contributed by atoms with Crippen molar-refractivity contribution in [2.24, 2.45) is 0 Å². The number of unbranched alkanes of at least 4 members (excludes halogenated alkanes) is 1. The third-order valence-corrected chi connectivity index (χ3v) is 7.07. The van der Waals surface area contributed by atoms with Gasteiger partial charge in [-0.2, -0.15) is 5.10 Å². The van der Waals surface area contributed by atoms with Crippen LogP contribution < -0.4 is 4.74 Å². The van der Waals surface area contributed by atoms with Crippen LogP contribution in [0.1, 0.15) is 73.7 Å². The van der Waals surface area contributed by atoms with E-state index in [1.54, 1.807) is 56.0 Å². The van der Waals surface area contributed by atoms with Gasteiger partial charge in [-0.25, -0.2) is 14.4 Å². The minimum atomic E-state index is -1.40. The first kappa shape index (κ1) is 30.0. The molecule has 5 rings (SSSR count). The van der Waals surface area contributed by atoms with E-state index in [2.05, 4.69) is 5.10 Å². The Bertz CT molecular complexity index is 1490. The summed E-state index contributed by atoms with van der Waals surface area (Å²) in [6.07, 6.45) is 2.74. The van der Waals surface area contributed by atoms with Gasteiger partial charge in [-0.1, -0.05) is 25.5 Å². The van der Waals surface area contributed by atoms with E-state index in [1.165, 1.54) is 12.1 Å². The minimum absolute atomic E-state index is 0.0140. The molecule has 3 aromatic rings. The molecule has 3 heterocycles. The predicted molar refractivity (Wildman–Crippen MR) is 154 cm³/mol. The molecule has 1 aromatic heterocycles. The number of imide groups is 1. The average molecular weight is 593 g/mol. The number of fused-ring (bicyclic) bond motifs is 2. The van der Waals surface area contributed by atoms with Crippen LogP contribution in [0, 0.1) is 0 Å². The first-order valence-electron chi connectivity index (χ1n) is 14.4. The van der Waals surface area contributed by atoms with Crippen molar-refractivity contribution in [1.29, 1.82) is 0 Å². The van der Waals surface area contributed by atoms with E-state index in [1.807, 2.05) is 17.8 Å². The standard InChI is InChI=1S/C31H36N4O8/c1-5-6-15-40-30(39)33-14-13-21(18-33)34-17-20-16-22(11-12-25(20)32-34)41-19-26(29(38)42-31(2,3)4)43-35-27(36)23-9-7-8-10-24(23)28(35)37/h7-12,16-17,21,26H,5-6,13-15,18-19H2,1-4H3. The Balaban J connectivity index is 1.26. The fourth-order valence-corrected chi connectivity index (χ4v) is 4.89. The number of hydrogen-bond donors (Lipinski definition) is 0. The van der Waals surface area contributed by atoms with Crippen molar-refractivity contribution in [3.05, 3.63) is 59.8 Å². The lowest BCUT2D eigenvalue weighted by Gasteiger charge is -2.26. The number of nitrogens with zero attached hydrogens (tertiary/aromatic N) is 4. The lowest BCUT2D eigenvalue weighted by atomic mass is 10.1. The topological polar surface area (TPSA) is 130 Å². The highest BCUT2D eigenvalue weighted by Gasteiger charge is 2.40. The lowest BCUT2D eigenvalue weighted by molar-refractivity contribution is -0.193. The summed E-state index contributed by atoms with van der Waals surface area (Å²) in [5.74, 6) is -1.68. The van der Waals surface area contributed by atoms with Crippen LogP contribution in [0.4, 0.5) is 4.79 Å². The Morgan fingerprint density at radius 3 is 2.47 bits per heavy atom. The number of carbonyl (C=O) groups is 4. The molecule has 12 nitrogen and oxygen atoms in total. The third-order valence-electron chi connectivity index (χ3n) is 7.07. The van der Waals surface area contributed by atoms with E-state index in [-0.39, 0.29) is 29.9 Å². The second kappa shape index (κ2) is 12.4. The van der Waals surface area contributed by atoms with Crippen molar-refractivity contribution in [2.45, 2.75) is 64.7 Å². The van der Waals surface area contributed by atoms with Gasteiger partial charge in [0.15, 0.2) is 0 Å². The number of amides is 3. The first-order valence-corrected chi connectivity index (χ1v) is 14.4. The second-order valence-electron chi connectivity index (χ2n) is 11.6. The highest BCUT2D eigenvalue weighted by atomic mass is 16.7. The Morgan fingerprint density at radius 1 is 1.07 bits per heavy atom. The molecule has 1 fully saturated rings. The van der Waals surface area contributed by atoms with Crippen LogP contribution in [0.25, 0.3) is 10.9 Å². The number of hydroxylamine groups is 2. The third kappa shape index (κ3) is 6.80. The molecule has 2 atom stereocenters. The molecule has 2 aliphatic heterocycles. The number of esters is 1. The summed E-state index contributed by atoms with van der Waals surface area (Å²) < 4.78 is 18.6. The number of benzene rings is 2. The zero-order valence-electron chi connectivity index (χ0n) is 24.8. The van der Waals surface area contributed by atoms with Crippen LogP contribution in [0.3, 0.4) is 0 Å². The monoisotopic (exact) mass is 592 g/mol. The van der Waals surface area contributed by atoms with Crippen molar-refractivity contribution < 1.29 is 38.2 Å². The molecule has 1 saturated heterocycles. The van der Waals surface area contributed by atoms with Crippen molar-refractivity contribution in [2.75, 3.05) is 26.3 Å². The van der Waals surface area contributed by atoms with Crippen LogP contribution in [-0.4, -0.2) is 81.6 Å². The highest BCUT2D eigenvalue weighted by molar-refractivity contribution is 6.20. The predicted octanol–water partition coefficient (Wildman–Crippen LogP) is 4.54. The fourth-order valence-electron chi connectivity index (χ4n) is 4.89. The second-order valence-corrected chi connectivity index (χ2v) is 11.6. The van der Waals surface area contributed by atoms with Crippen LogP contribution >= 0.6 is 0 Å². The van der Waals surface area contributed by atoms with Gasteiger partial charge in [-0.3, -0.25) is 14.3 Å². The zero-order valence-corrected chi connectivity index (χ0v) is 24.8. The Morgan fingerprint density at radius 2 is 1.79 bits per heavy atom. The molecule has 0 saturated carbocycles. The number of aromatic nitrogens is 2. The van der Waals surface area contributed by atoms with Gasteiger partial charge in [0.25, 0.3) is 11.8 Å². The molecule has 0 spiro atoms. The molecular formula is C31H36N4O8. The molecule has 0 aliphatic carbocycles. The minimum Gasteiger partial charge on any atom is -0.490 e. The van der Waals surface area contributed by atoms with Gasteiger partial charge >= 0.3 is 12.1 Å². The van der Waals surface area contributed by atoms with Gasteiger partial charge in [-0.05, 0) is 63.9 Å². The quantitative estimate of drug-likeness (QED) is 0.189. The molecule has 3 amide bonds. The van der Waals surface area contributed by atoms with E-state index in [9.17, 15) is 19.2 Å². The molecule has 0 bridgehead atoms. The molecule has 43 heavy (non-hydrogen) atoms. The number of hydrogen-bond acceptors (Lipinski definition) is 9. The van der Waals surface area contributed by atoms with Crippen LogP contribution in [0.5, 0.6) is 5.75 Å². The SMILES string of the molecule is CCCCOC(=O)N1CCC(n2cc3cc(OCC(ON4C(=O)c5ccccc5C4=O)C(=O)OC(C)(C)C)ccc3n2)C1. The molecule has 228 valence electrons. The Kier molecular flexibility index (Phi) is 8.67. The van der Waals surface area contributed by atoms with E-state index in [4.69, 9.17) is 19.0 Å². The van der Waals surface area contributed by atoms with Gasteiger partial charge in [-0.15, -0.1) is 5.06 Å². The number of carbonyl (C=O) groups excluding carboxylic acids is 4. The van der Waals surface area contributed by atoms with Crippen molar-refractivity contribution >= 4 is 34.8 Å². The Labute approximate surface area is 249 Å². The summed E-state index contributed by atoms with van der Waals surface area (Å²) in [6.45, 7) is 8.36. The van der Waals surface area contributed by atoms with Crippen molar-refractivity contribution in [1.82, 2.24) is 19.7 Å². The molecular weight excluding hydrogens is 556 g/mol. The number of rotatable bonds is 10. The number of ether oxygens (including phenoxy) is 3. The van der Waals surface area contributed by atoms with Crippen molar-refractivity contribution in [3.8, 4) is 5.75 Å². The highest BCUT2D eigenvalue weighted by Crippen LogP contribution is 2.28. The summed E-state index contributed by atoms with van der Waals surface area (Å²) in [6, 6.07) is 11.6. The van der Waals surface area contributed by atoms with Gasteiger partial charge < -0.3 is 19.1 Å². The number of likely N-dealkylation sites (tertiary alicyclic amines) is 1. The van der Waals surface area contributed by atoms with E-state index in [0.717, 1.165) is 30.2 Å². The van der Waals surface area contributed by atoms with E-state index in [0.29, 0.717) is 30.5 Å². The zero-order chi connectivity index (χ0) is 30.7. The van der Waals surface area contributed by atoms with Crippen LogP contribution in [0.15, 0.2) is 48.7 Å². The van der Waals surface area contributed by atoms with Crippen LogP contribution in [-0.2, 0) is 19.1 Å². The lowest BCUT2D eigenvalue weighted by Crippen LogP contribution is -2.43. The first-order chi connectivity index (χ1) is 20.5. The summed E-state index contributed by atoms with van der Waals surface area (Å²) >= 11 is 0. The molecule has 12 heteroatoms. The van der Waals surface area contributed by atoms with Gasteiger partial charge in [0.2, 0.25) is 6.10 Å². The largest absolute Gasteiger partial charge is 0.490 e. The maximum atomic E-state index is 13.0. The fraction of sp³-hybridized carbons (Fsp3) is 0.452. The van der Waals surface area contributed by atoms with E-state index >= 15 is 0 Å². The molecule has 2 aromatic carbocycles. The van der Waals surface area contributed by atoms with Gasteiger partial charge in [0.1, 0.15) is 18.0 Å². The summed E-state index contributed by atoms with van der Waals surface area (Å²) in [5.41, 5.74) is 0.286. The van der Waals surface area contributed by atoms with E-state index < -0.39 is 29.5 Å². The van der Waals surface area contributed by atoms with Gasteiger partial charge in [0, 0.05) is 24.7 Å². The molecule has 0 radical (unpaired) electrons. The maximum Gasteiger partial charge on any atom is 0.409 e. The maximum absolute atomic E-state index is 13.0. The summed E-state index contributed by atoms with van der Waals surface area (Å²) in [7, 11) is 0. The average Bonchev–Trinajstić information content (AvgIpc) is 3.68. The summed E-state index contributed by atoms with van der Waals surface area (Å²) in [4.78, 5) is 58.4. The smallest absolute Gasteiger partial charge is 0.409 e. The molecule has 2 aliphatic rings. The van der Waals surface area contributed by atoms with Crippen molar-refractivity contribution in [3.63, 3.8) is 0 Å². The Hall–Kier alpha value is -4.45.